The standard InChI is InChI=1S/C55H54B2ClN6O15S2/c1-33-60-42(31-80-33)46(62-79-44(54(69)78-56)25-57-77-32-65)51(67)61-47-52(68)63-48(55(70)76-29-36-11-17-40(73-4)18-12-36)37(30-81-53(47)63)26-64(22-5-6-23-64)24-21-59-50(66)41-19-20-43(74-27-34-7-13-38(71-2)14-8-34)49(45(41)58)75-28-35-9-15-39(72-3)16-10-35/h7-20,25,31-32,47,53H,5-6,21-24,26-30H2,1-4H3,(H-,59,61,66,67)/p+1/b44-25+,62-46-/t47-,53-/m1/s1. The number of β-lactam (4-membered cyclic amide) rings is 1. The highest BCUT2D eigenvalue weighted by molar-refractivity contribution is 8.00. The summed E-state index contributed by atoms with van der Waals surface area (Å²) >= 11 is 9.59. The van der Waals surface area contributed by atoms with Crippen LogP contribution in [-0.2, 0) is 62.7 Å². The van der Waals surface area contributed by atoms with E-state index < -0.39 is 52.5 Å². The van der Waals surface area contributed by atoms with E-state index in [1.54, 1.807) is 64.7 Å². The van der Waals surface area contributed by atoms with Crippen LogP contribution < -0.4 is 34.3 Å². The third kappa shape index (κ3) is 14.7. The molecule has 419 valence electrons. The lowest BCUT2D eigenvalue weighted by molar-refractivity contribution is -0.911. The number of nitrogens with zero attached hydrogens (tertiary/aromatic N) is 4. The zero-order chi connectivity index (χ0) is 57.5. The SMILES string of the molecule is [B]OC(=O)/C(=C\[B]OC=O)O/N=C(\C(=O)N[C@@H]1C(=O)N2C(C(=O)OCc3ccc(OC)cc3)=C(C[N+]3(CCNC(=O)c4ccc(OCc5ccc(OC)cc5)c(OCc5ccc(OC)cc5)c4Cl)CCCC3)CS[C@H]12)c1csc(C)n1. The van der Waals surface area contributed by atoms with Crippen LogP contribution in [0, 0.1) is 6.92 Å². The van der Waals surface area contributed by atoms with Crippen LogP contribution in [0.4, 0.5) is 0 Å². The molecule has 0 bridgehead atoms. The van der Waals surface area contributed by atoms with E-state index in [0.717, 1.165) is 50.5 Å². The molecule has 3 amide bonds. The Balaban J connectivity index is 1.01. The minimum absolute atomic E-state index is 0.0520. The van der Waals surface area contributed by atoms with Crippen molar-refractivity contribution in [2.75, 3.05) is 59.8 Å². The molecule has 5 aromatic rings. The minimum Gasteiger partial charge on any atom is -0.538 e. The topological polar surface area (TPSA) is 238 Å². The Bertz CT molecular complexity index is 3190. The molecule has 8 rings (SSSR count). The second kappa shape index (κ2) is 27.9. The Labute approximate surface area is 482 Å². The van der Waals surface area contributed by atoms with Crippen LogP contribution in [0.1, 0.15) is 50.6 Å². The Morgan fingerprint density at radius 2 is 1.49 bits per heavy atom. The molecular formula is C55H55B2ClN6O15S2+. The van der Waals surface area contributed by atoms with Gasteiger partial charge >= 0.3 is 27.5 Å². The van der Waals surface area contributed by atoms with Crippen molar-refractivity contribution in [3.05, 3.63) is 151 Å². The van der Waals surface area contributed by atoms with Crippen LogP contribution in [0.3, 0.4) is 0 Å². The van der Waals surface area contributed by atoms with Gasteiger partial charge in [0.05, 0.1) is 63.1 Å². The van der Waals surface area contributed by atoms with Crippen LogP contribution in [0.2, 0.25) is 5.02 Å². The number of nitrogens with one attached hydrogen (secondary N) is 2. The highest BCUT2D eigenvalue weighted by Gasteiger charge is 2.55. The molecule has 3 aliphatic rings. The summed E-state index contributed by atoms with van der Waals surface area (Å²) in [6, 6.07) is 23.9. The van der Waals surface area contributed by atoms with Crippen LogP contribution in [0.15, 0.2) is 118 Å². The van der Waals surface area contributed by atoms with Gasteiger partial charge in [0.1, 0.15) is 66.4 Å². The molecular weight excluding hydrogens is 1110 g/mol. The van der Waals surface area contributed by atoms with Crippen molar-refractivity contribution in [3.63, 3.8) is 0 Å². The number of rotatable bonds is 27. The number of fused-ring (bicyclic) bond motifs is 1. The normalized spacial score (nSPS) is 16.5. The fourth-order valence-electron chi connectivity index (χ4n) is 9.14. The van der Waals surface area contributed by atoms with Gasteiger partial charge in [-0.3, -0.25) is 24.1 Å². The number of halogens is 1. The van der Waals surface area contributed by atoms with Gasteiger partial charge < -0.3 is 57.7 Å². The van der Waals surface area contributed by atoms with Gasteiger partial charge in [-0.25, -0.2) is 14.6 Å². The van der Waals surface area contributed by atoms with Crippen molar-refractivity contribution >= 4 is 92.1 Å². The lowest BCUT2D eigenvalue weighted by atomic mass is 10.0. The van der Waals surface area contributed by atoms with Gasteiger partial charge in [-0.05, 0) is 78.1 Å². The molecule has 4 aromatic carbocycles. The molecule has 0 aliphatic carbocycles. The van der Waals surface area contributed by atoms with Crippen molar-refractivity contribution in [2.45, 2.75) is 51.0 Å². The van der Waals surface area contributed by atoms with Crippen LogP contribution in [0.25, 0.3) is 0 Å². The number of quaternary nitrogens is 1. The van der Waals surface area contributed by atoms with E-state index in [-0.39, 0.29) is 66.3 Å². The number of carbonyl (C=O) groups is 6. The van der Waals surface area contributed by atoms with E-state index in [1.807, 2.05) is 48.5 Å². The van der Waals surface area contributed by atoms with Crippen molar-refractivity contribution < 1.29 is 75.8 Å². The Hall–Kier alpha value is -7.99. The molecule has 1 aromatic heterocycles. The summed E-state index contributed by atoms with van der Waals surface area (Å²) in [5, 5.41) is 11.0. The molecule has 81 heavy (non-hydrogen) atoms. The summed E-state index contributed by atoms with van der Waals surface area (Å²) in [5.41, 5.74) is 2.90. The molecule has 2 N–H and O–H groups in total. The number of likely N-dealkylation sites (tertiary alicyclic amines) is 1. The number of amides is 3. The maximum Gasteiger partial charge on any atom is 0.408 e. The summed E-state index contributed by atoms with van der Waals surface area (Å²) in [7, 11) is 10.6. The van der Waals surface area contributed by atoms with Gasteiger partial charge in [0.25, 0.3) is 24.2 Å². The number of aromatic nitrogens is 1. The van der Waals surface area contributed by atoms with Crippen molar-refractivity contribution in [1.29, 1.82) is 0 Å². The van der Waals surface area contributed by atoms with Gasteiger partial charge in [0.15, 0.2) is 17.2 Å². The van der Waals surface area contributed by atoms with Crippen LogP contribution in [-0.4, -0.2) is 143 Å². The maximum absolute atomic E-state index is 14.5. The fourth-order valence-corrected chi connectivity index (χ4v) is 11.4. The largest absolute Gasteiger partial charge is 0.538 e. The predicted octanol–water partition coefficient (Wildman–Crippen LogP) is 5.71. The van der Waals surface area contributed by atoms with Gasteiger partial charge in [-0.15, -0.1) is 23.1 Å². The first-order valence-electron chi connectivity index (χ1n) is 25.2. The van der Waals surface area contributed by atoms with E-state index in [4.69, 9.17) is 52.9 Å². The van der Waals surface area contributed by atoms with E-state index in [9.17, 15) is 28.8 Å². The van der Waals surface area contributed by atoms with Crippen molar-refractivity contribution in [2.24, 2.45) is 5.16 Å². The summed E-state index contributed by atoms with van der Waals surface area (Å²) < 4.78 is 43.6. The quantitative estimate of drug-likeness (QED) is 0.00612. The van der Waals surface area contributed by atoms with E-state index in [0.29, 0.717) is 56.7 Å². The second-order valence-electron chi connectivity index (χ2n) is 18.5. The zero-order valence-electron chi connectivity index (χ0n) is 44.5. The number of esters is 1. The average molecular weight is 1160 g/mol. The first-order chi connectivity index (χ1) is 39.3. The molecule has 3 radical (unpaired) electrons. The molecule has 0 spiro atoms. The number of thiazole rings is 1. The molecule has 0 saturated carbocycles. The van der Waals surface area contributed by atoms with Gasteiger partial charge in [0.2, 0.25) is 5.76 Å². The first-order valence-corrected chi connectivity index (χ1v) is 27.5. The molecule has 3 aliphatic heterocycles. The third-order valence-corrected chi connectivity index (χ3v) is 15.8. The molecule has 0 unspecified atom stereocenters. The Morgan fingerprint density at radius 3 is 2.07 bits per heavy atom. The highest BCUT2D eigenvalue weighted by Crippen LogP contribution is 2.43. The van der Waals surface area contributed by atoms with E-state index >= 15 is 0 Å². The van der Waals surface area contributed by atoms with Gasteiger partial charge in [-0.2, -0.15) is 0 Å². The number of thioether (sulfide) groups is 1. The molecule has 4 heterocycles. The minimum atomic E-state index is -1.22. The van der Waals surface area contributed by atoms with Gasteiger partial charge in [-0.1, -0.05) is 53.2 Å². The first kappa shape index (κ1) is 59.1. The van der Waals surface area contributed by atoms with E-state index in [1.165, 1.54) is 33.4 Å². The number of hydrogen-bond acceptors (Lipinski definition) is 19. The predicted molar refractivity (Wildman–Crippen MR) is 300 cm³/mol. The molecule has 2 fully saturated rings. The summed E-state index contributed by atoms with van der Waals surface area (Å²) in [6.45, 7) is 4.46. The number of oxime groups is 1. The maximum atomic E-state index is 14.5. The Morgan fingerprint density at radius 1 is 0.877 bits per heavy atom. The molecule has 2 saturated heterocycles. The van der Waals surface area contributed by atoms with Crippen molar-refractivity contribution in [3.8, 4) is 28.7 Å². The summed E-state index contributed by atoms with van der Waals surface area (Å²) in [5.74, 6) is -0.845. The number of ether oxygens (including phenoxy) is 6. The lowest BCUT2D eigenvalue weighted by Crippen LogP contribution is -2.71. The number of methoxy groups -OCH3 is 3. The third-order valence-electron chi connectivity index (χ3n) is 13.3. The van der Waals surface area contributed by atoms with E-state index in [2.05, 4.69) is 30.1 Å². The summed E-state index contributed by atoms with van der Waals surface area (Å²) in [6.07, 6.45) is 1.76. The number of benzene rings is 4. The number of hydrogen-bond donors (Lipinski definition) is 2. The highest BCUT2D eigenvalue weighted by atomic mass is 35.5. The lowest BCUT2D eigenvalue weighted by Gasteiger charge is -2.50. The monoisotopic (exact) mass is 1160 g/mol. The fraction of sp³-hybridized carbons (Fsp3) is 0.309. The second-order valence-corrected chi connectivity index (χ2v) is 21.0. The smallest absolute Gasteiger partial charge is 0.408 e. The van der Waals surface area contributed by atoms with Crippen molar-refractivity contribution in [1.82, 2.24) is 20.5 Å². The van der Waals surface area contributed by atoms with Crippen LogP contribution in [0.5, 0.6) is 28.7 Å². The Kier molecular flexibility index (Phi) is 20.4. The molecule has 21 nitrogen and oxygen atoms in total. The molecule has 2 atom stereocenters. The number of carbonyl (C=O) groups excluding carboxylic acids is 6. The zero-order valence-corrected chi connectivity index (χ0v) is 46.9. The average Bonchev–Trinajstić information content (AvgIpc) is 4.30. The molecule has 26 heteroatoms. The summed E-state index contributed by atoms with van der Waals surface area (Å²) in [4.78, 5) is 91.0. The van der Waals surface area contributed by atoms with Crippen LogP contribution >= 0.6 is 34.7 Å². The van der Waals surface area contributed by atoms with Gasteiger partial charge in [0, 0.05) is 29.5 Å². The number of aryl methyl sites for hydroxylation is 1.